The van der Waals surface area contributed by atoms with E-state index < -0.39 is 11.9 Å². The molecule has 0 unspecified atom stereocenters. The summed E-state index contributed by atoms with van der Waals surface area (Å²) in [6.07, 6.45) is 0. The lowest BCUT2D eigenvalue weighted by Crippen LogP contribution is -2.13. The minimum Gasteiger partial charge on any atom is -0.462 e. The van der Waals surface area contributed by atoms with E-state index in [0.717, 1.165) is 20.3 Å². The zero-order chi connectivity index (χ0) is 20.4. The lowest BCUT2D eigenvalue weighted by atomic mass is 10.1. The summed E-state index contributed by atoms with van der Waals surface area (Å²) in [4.78, 5) is 26.1. The number of furan rings is 1. The SMILES string of the molecule is CCOC(=O)c1cc(-c2ccccc2)sc1NC(=O)c1cc2cc(Br)ccc2o1. The van der Waals surface area contributed by atoms with Crippen LogP contribution in [0.1, 0.15) is 27.8 Å². The van der Waals surface area contributed by atoms with Crippen molar-refractivity contribution in [3.8, 4) is 10.4 Å². The Morgan fingerprint density at radius 2 is 1.90 bits per heavy atom. The number of hydrogen-bond acceptors (Lipinski definition) is 5. The van der Waals surface area contributed by atoms with Crippen LogP contribution in [-0.2, 0) is 4.74 Å². The maximum absolute atomic E-state index is 12.8. The van der Waals surface area contributed by atoms with E-state index in [2.05, 4.69) is 21.2 Å². The Balaban J connectivity index is 1.67. The molecule has 0 saturated heterocycles. The summed E-state index contributed by atoms with van der Waals surface area (Å²) < 4.78 is 11.7. The molecule has 2 aromatic heterocycles. The number of halogens is 1. The number of hydrogen-bond donors (Lipinski definition) is 1. The van der Waals surface area contributed by atoms with E-state index in [9.17, 15) is 9.59 Å². The van der Waals surface area contributed by atoms with Gasteiger partial charge < -0.3 is 14.5 Å². The fraction of sp³-hybridized carbons (Fsp3) is 0.0909. The number of amides is 1. The number of nitrogens with one attached hydrogen (secondary N) is 1. The van der Waals surface area contributed by atoms with E-state index in [-0.39, 0.29) is 12.4 Å². The molecule has 0 radical (unpaired) electrons. The number of carbonyl (C=O) groups is 2. The van der Waals surface area contributed by atoms with Gasteiger partial charge in [0.1, 0.15) is 10.6 Å². The standard InChI is InChI=1S/C22H16BrNO4S/c1-2-27-22(26)16-12-19(13-6-4-3-5-7-13)29-21(16)24-20(25)18-11-14-10-15(23)8-9-17(14)28-18/h3-12H,2H2,1H3,(H,24,25). The molecule has 2 aromatic carbocycles. The first kappa shape index (κ1) is 19.4. The highest BCUT2D eigenvalue weighted by Gasteiger charge is 2.21. The average molecular weight is 470 g/mol. The molecule has 0 aliphatic carbocycles. The third-order valence-electron chi connectivity index (χ3n) is 4.21. The summed E-state index contributed by atoms with van der Waals surface area (Å²) in [5.74, 6) is -0.735. The van der Waals surface area contributed by atoms with Gasteiger partial charge in [-0.25, -0.2) is 4.79 Å². The van der Waals surface area contributed by atoms with E-state index >= 15 is 0 Å². The first-order valence-electron chi connectivity index (χ1n) is 8.92. The molecule has 0 bridgehead atoms. The van der Waals surface area contributed by atoms with Crippen LogP contribution in [0.3, 0.4) is 0 Å². The molecule has 0 aliphatic rings. The van der Waals surface area contributed by atoms with E-state index in [1.54, 1.807) is 25.1 Å². The third kappa shape index (κ3) is 4.11. The van der Waals surface area contributed by atoms with Crippen LogP contribution in [-0.4, -0.2) is 18.5 Å². The van der Waals surface area contributed by atoms with Gasteiger partial charge in [0.2, 0.25) is 0 Å². The highest BCUT2D eigenvalue weighted by Crippen LogP contribution is 2.36. The molecule has 4 rings (SSSR count). The van der Waals surface area contributed by atoms with E-state index in [1.165, 1.54) is 11.3 Å². The number of thiophene rings is 1. The minimum atomic E-state index is -0.477. The number of ether oxygens (including phenoxy) is 1. The molecular formula is C22H16BrNO4S. The van der Waals surface area contributed by atoms with Crippen LogP contribution in [0.25, 0.3) is 21.4 Å². The second-order valence-corrected chi connectivity index (χ2v) is 8.15. The van der Waals surface area contributed by atoms with Crippen molar-refractivity contribution >= 4 is 55.1 Å². The van der Waals surface area contributed by atoms with Crippen molar-refractivity contribution in [2.45, 2.75) is 6.92 Å². The van der Waals surface area contributed by atoms with Gasteiger partial charge in [-0.1, -0.05) is 46.3 Å². The lowest BCUT2D eigenvalue weighted by molar-refractivity contribution is 0.0528. The maximum Gasteiger partial charge on any atom is 0.341 e. The smallest absolute Gasteiger partial charge is 0.341 e. The lowest BCUT2D eigenvalue weighted by Gasteiger charge is -2.04. The van der Waals surface area contributed by atoms with Crippen LogP contribution >= 0.6 is 27.3 Å². The van der Waals surface area contributed by atoms with Crippen molar-refractivity contribution in [3.63, 3.8) is 0 Å². The number of carbonyl (C=O) groups excluding carboxylic acids is 2. The molecule has 0 spiro atoms. The molecule has 7 heteroatoms. The largest absolute Gasteiger partial charge is 0.462 e. The Labute approximate surface area is 179 Å². The molecule has 1 N–H and O–H groups in total. The molecule has 0 aliphatic heterocycles. The highest BCUT2D eigenvalue weighted by molar-refractivity contribution is 9.10. The Hall–Kier alpha value is -2.90. The first-order chi connectivity index (χ1) is 14.0. The van der Waals surface area contributed by atoms with Crippen LogP contribution in [0.2, 0.25) is 0 Å². The fourth-order valence-electron chi connectivity index (χ4n) is 2.88. The van der Waals surface area contributed by atoms with Crippen molar-refractivity contribution in [3.05, 3.63) is 76.5 Å². The summed E-state index contributed by atoms with van der Waals surface area (Å²) in [7, 11) is 0. The Morgan fingerprint density at radius 3 is 2.66 bits per heavy atom. The van der Waals surface area contributed by atoms with E-state index in [0.29, 0.717) is 16.1 Å². The second-order valence-electron chi connectivity index (χ2n) is 6.19. The van der Waals surface area contributed by atoms with Gasteiger partial charge in [0, 0.05) is 14.7 Å². The summed E-state index contributed by atoms with van der Waals surface area (Å²) >= 11 is 4.72. The topological polar surface area (TPSA) is 68.5 Å². The molecular weight excluding hydrogens is 454 g/mol. The Kier molecular flexibility index (Phi) is 5.51. The highest BCUT2D eigenvalue weighted by atomic mass is 79.9. The molecule has 1 amide bonds. The predicted molar refractivity (Wildman–Crippen MR) is 118 cm³/mol. The summed E-state index contributed by atoms with van der Waals surface area (Å²) in [6, 6.07) is 18.6. The van der Waals surface area contributed by atoms with Crippen molar-refractivity contribution in [2.24, 2.45) is 0 Å². The zero-order valence-electron chi connectivity index (χ0n) is 15.4. The first-order valence-corrected chi connectivity index (χ1v) is 10.5. The molecule has 2 heterocycles. The van der Waals surface area contributed by atoms with Crippen molar-refractivity contribution in [1.82, 2.24) is 0 Å². The summed E-state index contributed by atoms with van der Waals surface area (Å²) in [5.41, 5.74) is 1.89. The zero-order valence-corrected chi connectivity index (χ0v) is 17.8. The van der Waals surface area contributed by atoms with Gasteiger partial charge in [0.05, 0.1) is 12.2 Å². The molecule has 0 saturated carbocycles. The molecule has 4 aromatic rings. The predicted octanol–water partition coefficient (Wildman–Crippen LogP) is 6.35. The Bertz CT molecular complexity index is 1200. The normalized spacial score (nSPS) is 10.8. The molecule has 146 valence electrons. The average Bonchev–Trinajstić information content (AvgIpc) is 3.33. The van der Waals surface area contributed by atoms with Gasteiger partial charge in [0.25, 0.3) is 5.91 Å². The number of benzene rings is 2. The summed E-state index contributed by atoms with van der Waals surface area (Å²) in [6.45, 7) is 1.99. The fourth-order valence-corrected chi connectivity index (χ4v) is 4.31. The van der Waals surface area contributed by atoms with Gasteiger partial charge in [-0.2, -0.15) is 0 Å². The van der Waals surface area contributed by atoms with Gasteiger partial charge in [-0.05, 0) is 42.8 Å². The number of fused-ring (bicyclic) bond motifs is 1. The second kappa shape index (κ2) is 8.23. The Morgan fingerprint density at radius 1 is 1.10 bits per heavy atom. The molecule has 0 atom stereocenters. The summed E-state index contributed by atoms with van der Waals surface area (Å²) in [5, 5.41) is 4.04. The van der Waals surface area contributed by atoms with Crippen LogP contribution in [0, 0.1) is 0 Å². The number of esters is 1. The van der Waals surface area contributed by atoms with Crippen LogP contribution < -0.4 is 5.32 Å². The molecule has 29 heavy (non-hydrogen) atoms. The van der Waals surface area contributed by atoms with Crippen LogP contribution in [0.5, 0.6) is 0 Å². The number of rotatable bonds is 5. The van der Waals surface area contributed by atoms with Crippen molar-refractivity contribution in [2.75, 3.05) is 11.9 Å². The van der Waals surface area contributed by atoms with E-state index in [4.69, 9.17) is 9.15 Å². The quantitative estimate of drug-likeness (QED) is 0.345. The maximum atomic E-state index is 12.8. The van der Waals surface area contributed by atoms with E-state index in [1.807, 2.05) is 42.5 Å². The minimum absolute atomic E-state index is 0.169. The molecule has 5 nitrogen and oxygen atoms in total. The van der Waals surface area contributed by atoms with Gasteiger partial charge in [-0.3, -0.25) is 4.79 Å². The van der Waals surface area contributed by atoms with Crippen molar-refractivity contribution < 1.29 is 18.7 Å². The van der Waals surface area contributed by atoms with Crippen LogP contribution in [0.4, 0.5) is 5.00 Å². The molecule has 0 fully saturated rings. The van der Waals surface area contributed by atoms with Gasteiger partial charge in [-0.15, -0.1) is 11.3 Å². The van der Waals surface area contributed by atoms with Gasteiger partial charge in [0.15, 0.2) is 5.76 Å². The number of anilines is 1. The third-order valence-corrected chi connectivity index (χ3v) is 5.81. The van der Waals surface area contributed by atoms with Crippen molar-refractivity contribution in [1.29, 1.82) is 0 Å². The monoisotopic (exact) mass is 469 g/mol. The van der Waals surface area contributed by atoms with Crippen LogP contribution in [0.15, 0.2) is 69.6 Å². The van der Waals surface area contributed by atoms with Gasteiger partial charge >= 0.3 is 5.97 Å².